The normalized spacial score (nSPS) is 13.0. The van der Waals surface area contributed by atoms with E-state index in [1.165, 1.54) is 0 Å². The molecule has 3 heteroatoms. The van der Waals surface area contributed by atoms with Gasteiger partial charge in [0, 0.05) is 11.3 Å². The summed E-state index contributed by atoms with van der Waals surface area (Å²) in [4.78, 5) is 0. The van der Waals surface area contributed by atoms with Gasteiger partial charge < -0.3 is 9.47 Å². The van der Waals surface area contributed by atoms with Crippen LogP contribution < -0.4 is 9.47 Å². The third kappa shape index (κ3) is 4.07. The molecule has 0 atom stereocenters. The fourth-order valence-electron chi connectivity index (χ4n) is 2.08. The van der Waals surface area contributed by atoms with Crippen molar-refractivity contribution in [1.29, 1.82) is 0 Å². The van der Waals surface area contributed by atoms with Gasteiger partial charge in [0.05, 0.1) is 18.8 Å². The Labute approximate surface area is 131 Å². The van der Waals surface area contributed by atoms with Gasteiger partial charge in [0.1, 0.15) is 11.5 Å². The lowest BCUT2D eigenvalue weighted by Gasteiger charge is -2.14. The highest BCUT2D eigenvalue weighted by molar-refractivity contribution is 7.79. The molecule has 0 fully saturated rings. The highest BCUT2D eigenvalue weighted by Crippen LogP contribution is 2.33. The zero-order chi connectivity index (χ0) is 15.1. The number of thiol groups is 1. The van der Waals surface area contributed by atoms with E-state index in [9.17, 15) is 0 Å². The second-order valence-electron chi connectivity index (χ2n) is 4.49. The van der Waals surface area contributed by atoms with Crippen LogP contribution in [0.5, 0.6) is 11.5 Å². The van der Waals surface area contributed by atoms with Crippen LogP contribution in [-0.2, 0) is 5.75 Å². The van der Waals surface area contributed by atoms with Crippen molar-refractivity contribution in [3.63, 3.8) is 0 Å². The monoisotopic (exact) mass is 300 g/mol. The summed E-state index contributed by atoms with van der Waals surface area (Å²) in [6.45, 7) is 5.19. The number of rotatable bonds is 7. The van der Waals surface area contributed by atoms with Crippen molar-refractivity contribution in [2.75, 3.05) is 13.2 Å². The van der Waals surface area contributed by atoms with Gasteiger partial charge in [-0.25, -0.2) is 0 Å². The molecule has 0 spiro atoms. The lowest BCUT2D eigenvalue weighted by molar-refractivity contribution is 0.321. The molecule has 1 aromatic rings. The van der Waals surface area contributed by atoms with Gasteiger partial charge >= 0.3 is 0 Å². The summed E-state index contributed by atoms with van der Waals surface area (Å²) in [5.41, 5.74) is 6.23. The first kappa shape index (κ1) is 15.6. The molecule has 110 valence electrons. The smallest absolute Gasteiger partial charge is 0.130 e. The van der Waals surface area contributed by atoms with E-state index in [-0.39, 0.29) is 0 Å². The molecule has 0 saturated carbocycles. The lowest BCUT2D eigenvalue weighted by Crippen LogP contribution is -2.00. The summed E-state index contributed by atoms with van der Waals surface area (Å²) in [5, 5.41) is 0. The van der Waals surface area contributed by atoms with Gasteiger partial charge in [-0.05, 0) is 55.8 Å². The highest BCUT2D eigenvalue weighted by Gasteiger charge is 2.11. The number of hydrogen-bond acceptors (Lipinski definition) is 3. The fraction of sp³-hybridized carbons (Fsp3) is 0.278. The average Bonchev–Trinajstić information content (AvgIpc) is 3.00. The van der Waals surface area contributed by atoms with Crippen LogP contribution in [0.2, 0.25) is 0 Å². The Hall–Kier alpha value is -1.83. The van der Waals surface area contributed by atoms with Crippen LogP contribution in [0.25, 0.3) is 6.08 Å². The fourth-order valence-corrected chi connectivity index (χ4v) is 2.26. The van der Waals surface area contributed by atoms with Gasteiger partial charge in [-0.1, -0.05) is 6.08 Å². The first-order valence-electron chi connectivity index (χ1n) is 7.13. The van der Waals surface area contributed by atoms with Crippen LogP contribution in [0.4, 0.5) is 0 Å². The van der Waals surface area contributed by atoms with Crippen molar-refractivity contribution in [2.24, 2.45) is 0 Å². The number of allylic oxidation sites excluding steroid dienone is 4. The maximum atomic E-state index is 5.76. The molecule has 2 rings (SSSR count). The van der Waals surface area contributed by atoms with Crippen LogP contribution >= 0.6 is 12.6 Å². The molecule has 21 heavy (non-hydrogen) atoms. The maximum absolute atomic E-state index is 5.76. The van der Waals surface area contributed by atoms with Crippen molar-refractivity contribution < 1.29 is 9.47 Å². The van der Waals surface area contributed by atoms with E-state index in [0.717, 1.165) is 28.2 Å². The summed E-state index contributed by atoms with van der Waals surface area (Å²) in [5.74, 6) is 2.31. The minimum absolute atomic E-state index is 0.616. The average molecular weight is 300 g/mol. The van der Waals surface area contributed by atoms with E-state index in [1.54, 1.807) is 0 Å². The van der Waals surface area contributed by atoms with E-state index in [4.69, 9.17) is 9.47 Å². The molecule has 1 aromatic carbocycles. The van der Waals surface area contributed by atoms with Gasteiger partial charge in [-0.15, -0.1) is 5.73 Å². The van der Waals surface area contributed by atoms with E-state index in [2.05, 4.69) is 18.4 Å². The molecule has 0 heterocycles. The number of hydrogen-bond donors (Lipinski definition) is 1. The summed E-state index contributed by atoms with van der Waals surface area (Å²) in [7, 11) is 0. The largest absolute Gasteiger partial charge is 0.493 e. The Kier molecular flexibility index (Phi) is 5.79. The van der Waals surface area contributed by atoms with Crippen LogP contribution in [0.3, 0.4) is 0 Å². The predicted molar refractivity (Wildman–Crippen MR) is 91.2 cm³/mol. The Morgan fingerprint density at radius 3 is 2.24 bits per heavy atom. The minimum Gasteiger partial charge on any atom is -0.493 e. The van der Waals surface area contributed by atoms with Crippen molar-refractivity contribution in [3.8, 4) is 11.5 Å². The summed E-state index contributed by atoms with van der Waals surface area (Å²) >= 11 is 4.34. The molecule has 0 amide bonds. The van der Waals surface area contributed by atoms with Crippen LogP contribution in [0.1, 0.15) is 25.0 Å². The third-order valence-corrected chi connectivity index (χ3v) is 3.36. The molecule has 0 bridgehead atoms. The van der Waals surface area contributed by atoms with Crippen LogP contribution in [0.15, 0.2) is 47.7 Å². The Morgan fingerprint density at radius 2 is 1.76 bits per heavy atom. The summed E-state index contributed by atoms with van der Waals surface area (Å²) in [6.07, 6.45) is 9.91. The third-order valence-electron chi connectivity index (χ3n) is 3.00. The maximum Gasteiger partial charge on any atom is 0.130 e. The van der Waals surface area contributed by atoms with E-state index in [0.29, 0.717) is 19.0 Å². The second-order valence-corrected chi connectivity index (χ2v) is 4.80. The van der Waals surface area contributed by atoms with Gasteiger partial charge in [0.15, 0.2) is 0 Å². The lowest BCUT2D eigenvalue weighted by atomic mass is 10.1. The molecule has 0 unspecified atom stereocenters. The van der Waals surface area contributed by atoms with Gasteiger partial charge in [0.25, 0.3) is 0 Å². The van der Waals surface area contributed by atoms with E-state index in [1.807, 2.05) is 56.4 Å². The molecular weight excluding hydrogens is 280 g/mol. The number of benzene rings is 1. The van der Waals surface area contributed by atoms with Crippen molar-refractivity contribution in [1.82, 2.24) is 0 Å². The topological polar surface area (TPSA) is 18.5 Å². The zero-order valence-corrected chi connectivity index (χ0v) is 13.3. The number of ether oxygens (including phenoxy) is 2. The van der Waals surface area contributed by atoms with Gasteiger partial charge in [-0.3, -0.25) is 0 Å². The highest BCUT2D eigenvalue weighted by atomic mass is 32.1. The van der Waals surface area contributed by atoms with Gasteiger partial charge in [0.2, 0.25) is 0 Å². The van der Waals surface area contributed by atoms with Crippen molar-refractivity contribution >= 4 is 18.7 Å². The van der Waals surface area contributed by atoms with E-state index < -0.39 is 0 Å². The molecule has 0 aromatic heterocycles. The van der Waals surface area contributed by atoms with Gasteiger partial charge in [-0.2, -0.15) is 12.6 Å². The van der Waals surface area contributed by atoms with E-state index >= 15 is 0 Å². The van der Waals surface area contributed by atoms with Crippen molar-refractivity contribution in [2.45, 2.75) is 19.6 Å². The van der Waals surface area contributed by atoms with Crippen LogP contribution in [-0.4, -0.2) is 13.2 Å². The molecule has 0 aliphatic heterocycles. The molecular formula is C18H20O2S. The minimum atomic E-state index is 0.616. The molecule has 2 nitrogen and oxygen atoms in total. The summed E-state index contributed by atoms with van der Waals surface area (Å²) < 4.78 is 11.5. The quantitative estimate of drug-likeness (QED) is 0.587. The standard InChI is InChI=1S/C18H20O2S/c1-3-19-17-11-15(13-21)12-18(20-4-2)16(17)10-9-14-7-5-6-8-14/h5-7,9-12,21H,3-4,13H2,1-2H3/b10-9+. The Balaban J connectivity index is 2.43. The first-order chi connectivity index (χ1) is 10.3. The molecule has 1 aliphatic rings. The predicted octanol–water partition coefficient (Wildman–Crippen LogP) is 4.58. The SMILES string of the molecule is CCOc1cc(CS)cc(OCC)c1/C=C/C1=C=CC=C1. The first-order valence-corrected chi connectivity index (χ1v) is 7.76. The zero-order valence-electron chi connectivity index (χ0n) is 12.4. The molecule has 0 saturated heterocycles. The second kappa shape index (κ2) is 7.82. The van der Waals surface area contributed by atoms with Crippen molar-refractivity contribution in [3.05, 3.63) is 58.9 Å². The molecule has 1 aliphatic carbocycles. The Bertz CT molecular complexity index is 593. The van der Waals surface area contributed by atoms with Crippen LogP contribution in [0, 0.1) is 0 Å². The Morgan fingerprint density at radius 1 is 1.10 bits per heavy atom. The molecule has 0 N–H and O–H groups in total. The molecule has 0 radical (unpaired) electrons. The summed E-state index contributed by atoms with van der Waals surface area (Å²) in [6, 6.07) is 4.04.